The Morgan fingerprint density at radius 3 is 2.86 bits per heavy atom. The van der Waals surface area contributed by atoms with Gasteiger partial charge in [-0.05, 0) is 30.0 Å². The fraction of sp³-hybridized carbons (Fsp3) is 0.357. The molecule has 4 nitrogen and oxygen atoms in total. The average Bonchev–Trinajstić information content (AvgIpc) is 2.92. The molecule has 2 aromatic rings. The first-order chi connectivity index (χ1) is 10.2. The van der Waals surface area contributed by atoms with E-state index in [0.29, 0.717) is 18.3 Å². The summed E-state index contributed by atoms with van der Waals surface area (Å²) in [7, 11) is -3.42. The van der Waals surface area contributed by atoms with Gasteiger partial charge < -0.3 is 0 Å². The van der Waals surface area contributed by atoms with Gasteiger partial charge >= 0.3 is 0 Å². The zero-order chi connectivity index (χ0) is 14.7. The Labute approximate surface area is 133 Å². The van der Waals surface area contributed by atoms with E-state index < -0.39 is 10.0 Å². The van der Waals surface area contributed by atoms with Gasteiger partial charge in [0.1, 0.15) is 4.90 Å². The number of hydrogen-bond donors (Lipinski definition) is 0. The molecule has 1 fully saturated rings. The van der Waals surface area contributed by atoms with Crippen LogP contribution in [0.3, 0.4) is 0 Å². The van der Waals surface area contributed by atoms with Gasteiger partial charge in [0.05, 0.1) is 0 Å². The van der Waals surface area contributed by atoms with Crippen LogP contribution in [0.1, 0.15) is 16.5 Å². The summed E-state index contributed by atoms with van der Waals surface area (Å²) >= 11 is 3.59. The molecule has 112 valence electrons. The Bertz CT molecular complexity index is 672. The molecule has 1 saturated heterocycles. The summed E-state index contributed by atoms with van der Waals surface area (Å²) < 4.78 is 26.8. The minimum Gasteiger partial charge on any atom is -0.263 e. The average molecular weight is 340 g/mol. The second kappa shape index (κ2) is 6.48. The van der Waals surface area contributed by atoms with E-state index in [2.05, 4.69) is 22.5 Å². The summed E-state index contributed by atoms with van der Waals surface area (Å²) in [6.07, 6.45) is 3.86. The summed E-state index contributed by atoms with van der Waals surface area (Å²) in [5.74, 6) is 0.821. The van der Waals surface area contributed by atoms with E-state index in [1.54, 1.807) is 34.0 Å². The van der Waals surface area contributed by atoms with Crippen LogP contribution in [0.5, 0.6) is 0 Å². The number of hydrogen-bond acceptors (Lipinski definition) is 5. The molecule has 3 rings (SSSR count). The Morgan fingerprint density at radius 2 is 2.14 bits per heavy atom. The van der Waals surface area contributed by atoms with E-state index in [4.69, 9.17) is 0 Å². The highest BCUT2D eigenvalue weighted by atomic mass is 32.2. The number of sulfonamides is 1. The van der Waals surface area contributed by atoms with Crippen LogP contribution in [0, 0.1) is 0 Å². The predicted molar refractivity (Wildman–Crippen MR) is 87.1 cm³/mol. The first kappa shape index (κ1) is 15.0. The fourth-order valence-electron chi connectivity index (χ4n) is 2.34. The Kier molecular flexibility index (Phi) is 4.63. The topological polar surface area (TPSA) is 50.3 Å². The predicted octanol–water partition coefficient (Wildman–Crippen LogP) is 3.01. The van der Waals surface area contributed by atoms with Crippen molar-refractivity contribution in [3.8, 4) is 0 Å². The number of rotatable bonds is 3. The SMILES string of the molecule is O=S(=O)(c1cccnc1)N1CCS[C@H](c2cccs2)CC1. The Morgan fingerprint density at radius 1 is 1.24 bits per heavy atom. The van der Waals surface area contributed by atoms with E-state index in [1.807, 2.05) is 11.8 Å². The van der Waals surface area contributed by atoms with Gasteiger partial charge in [0, 0.05) is 41.4 Å². The van der Waals surface area contributed by atoms with Crippen molar-refractivity contribution in [3.63, 3.8) is 0 Å². The maximum Gasteiger partial charge on any atom is 0.244 e. The molecule has 3 heterocycles. The molecule has 7 heteroatoms. The van der Waals surface area contributed by atoms with Crippen molar-refractivity contribution in [2.24, 2.45) is 0 Å². The molecule has 0 unspecified atom stereocenters. The van der Waals surface area contributed by atoms with Crippen molar-refractivity contribution in [2.75, 3.05) is 18.8 Å². The van der Waals surface area contributed by atoms with Crippen molar-refractivity contribution in [1.82, 2.24) is 9.29 Å². The van der Waals surface area contributed by atoms with Gasteiger partial charge in [0.2, 0.25) is 10.0 Å². The van der Waals surface area contributed by atoms with Crippen molar-refractivity contribution in [2.45, 2.75) is 16.6 Å². The number of nitrogens with zero attached hydrogens (tertiary/aromatic N) is 2. The van der Waals surface area contributed by atoms with Gasteiger partial charge in [-0.15, -0.1) is 11.3 Å². The lowest BCUT2D eigenvalue weighted by molar-refractivity contribution is 0.428. The lowest BCUT2D eigenvalue weighted by Gasteiger charge is -2.19. The molecule has 0 saturated carbocycles. The molecule has 2 aromatic heterocycles. The summed E-state index contributed by atoms with van der Waals surface area (Å²) in [6.45, 7) is 1.12. The highest BCUT2D eigenvalue weighted by molar-refractivity contribution is 7.99. The van der Waals surface area contributed by atoms with Crippen molar-refractivity contribution < 1.29 is 8.42 Å². The lowest BCUT2D eigenvalue weighted by atomic mass is 10.2. The van der Waals surface area contributed by atoms with Crippen LogP contribution in [0.25, 0.3) is 0 Å². The zero-order valence-electron chi connectivity index (χ0n) is 11.4. The van der Waals surface area contributed by atoms with Crippen molar-refractivity contribution in [3.05, 3.63) is 46.9 Å². The van der Waals surface area contributed by atoms with Crippen molar-refractivity contribution >= 4 is 33.1 Å². The quantitative estimate of drug-likeness (QED) is 0.862. The minimum atomic E-state index is -3.42. The lowest BCUT2D eigenvalue weighted by Crippen LogP contribution is -2.33. The van der Waals surface area contributed by atoms with Crippen LogP contribution in [-0.4, -0.2) is 36.5 Å². The molecular formula is C14H16N2O2S3. The molecule has 0 aromatic carbocycles. The second-order valence-electron chi connectivity index (χ2n) is 4.76. The fourth-order valence-corrected chi connectivity index (χ4v) is 6.11. The van der Waals surface area contributed by atoms with E-state index in [9.17, 15) is 8.42 Å². The van der Waals surface area contributed by atoms with Gasteiger partial charge in [-0.3, -0.25) is 4.98 Å². The summed E-state index contributed by atoms with van der Waals surface area (Å²) in [6, 6.07) is 7.45. The van der Waals surface area contributed by atoms with E-state index in [0.717, 1.165) is 12.2 Å². The van der Waals surface area contributed by atoms with Crippen LogP contribution in [-0.2, 0) is 10.0 Å². The van der Waals surface area contributed by atoms with Crippen molar-refractivity contribution in [1.29, 1.82) is 0 Å². The molecule has 0 bridgehead atoms. The smallest absolute Gasteiger partial charge is 0.244 e. The van der Waals surface area contributed by atoms with Gasteiger partial charge in [-0.1, -0.05) is 6.07 Å². The highest BCUT2D eigenvalue weighted by Crippen LogP contribution is 2.37. The van der Waals surface area contributed by atoms with Gasteiger partial charge in [0.15, 0.2) is 0 Å². The zero-order valence-corrected chi connectivity index (χ0v) is 13.8. The van der Waals surface area contributed by atoms with E-state index >= 15 is 0 Å². The van der Waals surface area contributed by atoms with Crippen LogP contribution in [0.4, 0.5) is 0 Å². The van der Waals surface area contributed by atoms with Crippen LogP contribution >= 0.6 is 23.1 Å². The van der Waals surface area contributed by atoms with E-state index in [-0.39, 0.29) is 4.90 Å². The molecule has 0 aliphatic carbocycles. The molecule has 1 atom stereocenters. The highest BCUT2D eigenvalue weighted by Gasteiger charge is 2.28. The van der Waals surface area contributed by atoms with Gasteiger partial charge in [-0.25, -0.2) is 8.42 Å². The summed E-state index contributed by atoms with van der Waals surface area (Å²) in [5, 5.41) is 2.48. The molecule has 0 radical (unpaired) electrons. The molecule has 1 aliphatic heterocycles. The normalized spacial score (nSPS) is 21.0. The first-order valence-electron chi connectivity index (χ1n) is 6.73. The van der Waals surface area contributed by atoms with Gasteiger partial charge in [0.25, 0.3) is 0 Å². The molecule has 21 heavy (non-hydrogen) atoms. The third kappa shape index (κ3) is 3.31. The molecule has 0 spiro atoms. The minimum absolute atomic E-state index is 0.282. The molecule has 0 N–H and O–H groups in total. The summed E-state index contributed by atoms with van der Waals surface area (Å²) in [4.78, 5) is 5.53. The molecule has 1 aliphatic rings. The number of thioether (sulfide) groups is 1. The van der Waals surface area contributed by atoms with Crippen LogP contribution < -0.4 is 0 Å². The Hall–Kier alpha value is -0.890. The second-order valence-corrected chi connectivity index (χ2v) is 8.98. The van der Waals surface area contributed by atoms with Crippen LogP contribution in [0.2, 0.25) is 0 Å². The van der Waals surface area contributed by atoms with E-state index in [1.165, 1.54) is 11.1 Å². The Balaban J connectivity index is 1.76. The standard InChI is InChI=1S/C14H16N2O2S3/c17-21(18,12-3-1-6-15-11-12)16-7-5-14(20-10-8-16)13-4-2-9-19-13/h1-4,6,9,11,14H,5,7-8,10H2/t14-/m0/s1. The largest absolute Gasteiger partial charge is 0.263 e. The number of thiophene rings is 1. The maximum absolute atomic E-state index is 12.6. The van der Waals surface area contributed by atoms with Gasteiger partial charge in [-0.2, -0.15) is 16.1 Å². The maximum atomic E-state index is 12.6. The number of aromatic nitrogens is 1. The third-order valence-corrected chi connectivity index (χ3v) is 7.76. The number of pyridine rings is 1. The molecular weight excluding hydrogens is 324 g/mol. The summed E-state index contributed by atoms with van der Waals surface area (Å²) in [5.41, 5.74) is 0. The van der Waals surface area contributed by atoms with Crippen LogP contribution in [0.15, 0.2) is 46.9 Å². The molecule has 0 amide bonds. The first-order valence-corrected chi connectivity index (χ1v) is 10.1. The monoisotopic (exact) mass is 340 g/mol. The third-order valence-electron chi connectivity index (χ3n) is 3.43.